The van der Waals surface area contributed by atoms with Gasteiger partial charge in [0.25, 0.3) is 5.91 Å². The number of nitrogens with zero attached hydrogens (tertiary/aromatic N) is 1. The van der Waals surface area contributed by atoms with Gasteiger partial charge in [-0.2, -0.15) is 0 Å². The Morgan fingerprint density at radius 1 is 1.37 bits per heavy atom. The number of carbonyl (C=O) groups is 1. The summed E-state index contributed by atoms with van der Waals surface area (Å²) in [4.78, 5) is 16.4. The van der Waals surface area contributed by atoms with Crippen LogP contribution in [0.25, 0.3) is 0 Å². The van der Waals surface area contributed by atoms with Crippen molar-refractivity contribution >= 4 is 11.7 Å². The highest BCUT2D eigenvalue weighted by molar-refractivity contribution is 5.94. The van der Waals surface area contributed by atoms with Crippen LogP contribution in [0, 0.1) is 0 Å². The van der Waals surface area contributed by atoms with E-state index in [2.05, 4.69) is 14.7 Å². The average molecular weight is 276 g/mol. The second-order valence-corrected chi connectivity index (χ2v) is 3.80. The molecule has 10 heteroatoms. The summed E-state index contributed by atoms with van der Waals surface area (Å²) in [5.74, 6) is -0.451. The van der Waals surface area contributed by atoms with Crippen LogP contribution in [-0.2, 0) is 4.74 Å². The van der Waals surface area contributed by atoms with E-state index in [1.54, 1.807) is 0 Å². The van der Waals surface area contributed by atoms with Crippen LogP contribution in [0.15, 0.2) is 6.33 Å². The first-order valence-corrected chi connectivity index (χ1v) is 5.27. The highest BCUT2D eigenvalue weighted by atomic mass is 16.6. The fraction of sp³-hybridized carbons (Fsp3) is 0.556. The second kappa shape index (κ2) is 6.45. The van der Waals surface area contributed by atoms with Gasteiger partial charge in [-0.15, -0.1) is 0 Å². The third-order valence-corrected chi connectivity index (χ3v) is 2.39. The lowest BCUT2D eigenvalue weighted by Crippen LogP contribution is -2.52. The molecule has 4 atom stereocenters. The number of amides is 1. The first kappa shape index (κ1) is 15.3. The number of hydrogen-bond acceptors (Lipinski definition) is 8. The molecular weight excluding hydrogens is 260 g/mol. The average Bonchev–Trinajstić information content (AvgIpc) is 2.79. The molecule has 2 heterocycles. The Bertz CT molecular complexity index is 411. The number of aromatic amines is 1. The molecule has 1 aliphatic heterocycles. The van der Waals surface area contributed by atoms with E-state index in [9.17, 15) is 4.79 Å². The molecule has 108 valence electrons. The number of ether oxygens (including phenoxy) is 1. The summed E-state index contributed by atoms with van der Waals surface area (Å²) >= 11 is 0. The lowest BCUT2D eigenvalue weighted by atomic mass is 10.1. The molecular formula is C9H16N4O6. The standard InChI is InChI=1S/C5H10O5.C4H6N4O/c6-2-1-10-5(9)4(8)3(2)7;5-3-2(4(6)9)7-1-8-3/h2-9H,1H2;1H,5H2,(H2,6,9)(H,7,8). The van der Waals surface area contributed by atoms with Crippen molar-refractivity contribution in [2.24, 2.45) is 5.73 Å². The highest BCUT2D eigenvalue weighted by Crippen LogP contribution is 2.12. The molecule has 0 aliphatic carbocycles. The first-order valence-electron chi connectivity index (χ1n) is 5.27. The molecule has 1 saturated heterocycles. The van der Waals surface area contributed by atoms with Gasteiger partial charge in [0.2, 0.25) is 0 Å². The van der Waals surface area contributed by atoms with E-state index in [-0.39, 0.29) is 18.1 Å². The molecule has 0 spiro atoms. The van der Waals surface area contributed by atoms with Crippen molar-refractivity contribution in [3.05, 3.63) is 12.0 Å². The Balaban J connectivity index is 0.000000191. The summed E-state index contributed by atoms with van der Waals surface area (Å²) in [6, 6.07) is 0. The summed E-state index contributed by atoms with van der Waals surface area (Å²) in [6.45, 7) is -0.153. The predicted molar refractivity (Wildman–Crippen MR) is 61.5 cm³/mol. The quantitative estimate of drug-likeness (QED) is 0.275. The smallest absolute Gasteiger partial charge is 0.269 e. The normalized spacial score (nSPS) is 30.3. The van der Waals surface area contributed by atoms with Gasteiger partial charge in [0.05, 0.1) is 12.9 Å². The number of hydrogen-bond donors (Lipinski definition) is 7. The topological polar surface area (TPSA) is 188 Å². The fourth-order valence-corrected chi connectivity index (χ4v) is 1.29. The van der Waals surface area contributed by atoms with Crippen LogP contribution in [0.1, 0.15) is 10.5 Å². The third kappa shape index (κ3) is 3.87. The van der Waals surface area contributed by atoms with Gasteiger partial charge < -0.3 is 41.6 Å². The maximum absolute atomic E-state index is 10.4. The lowest BCUT2D eigenvalue weighted by molar-refractivity contribution is -0.252. The van der Waals surface area contributed by atoms with Gasteiger partial charge in [0.15, 0.2) is 12.1 Å². The van der Waals surface area contributed by atoms with Gasteiger partial charge in [0.1, 0.15) is 24.0 Å². The molecule has 19 heavy (non-hydrogen) atoms. The van der Waals surface area contributed by atoms with Crippen molar-refractivity contribution < 1.29 is 30.0 Å². The second-order valence-electron chi connectivity index (χ2n) is 3.80. The monoisotopic (exact) mass is 276 g/mol. The Hall–Kier alpha value is -1.72. The number of aliphatic hydroxyl groups excluding tert-OH is 4. The van der Waals surface area contributed by atoms with Crippen molar-refractivity contribution in [2.75, 3.05) is 12.3 Å². The number of nitrogen functional groups attached to an aromatic ring is 1. The van der Waals surface area contributed by atoms with Crippen LogP contribution in [0.4, 0.5) is 5.82 Å². The summed E-state index contributed by atoms with van der Waals surface area (Å²) < 4.78 is 4.47. The maximum atomic E-state index is 10.4. The number of carbonyl (C=O) groups excluding carboxylic acids is 1. The Morgan fingerprint density at radius 3 is 2.37 bits per heavy atom. The zero-order chi connectivity index (χ0) is 14.6. The van der Waals surface area contributed by atoms with Gasteiger partial charge in [-0.3, -0.25) is 4.79 Å². The van der Waals surface area contributed by atoms with Gasteiger partial charge in [-0.1, -0.05) is 0 Å². The molecule has 10 nitrogen and oxygen atoms in total. The highest BCUT2D eigenvalue weighted by Gasteiger charge is 2.36. The number of aliphatic hydroxyl groups is 4. The number of primary amides is 1. The molecule has 2 rings (SSSR count). The molecule has 1 aromatic heterocycles. The summed E-state index contributed by atoms with van der Waals surface area (Å²) in [5.41, 5.74) is 10.2. The van der Waals surface area contributed by atoms with E-state index in [1.165, 1.54) is 6.33 Å². The molecule has 1 aromatic rings. The Labute approximate surface area is 107 Å². The van der Waals surface area contributed by atoms with E-state index in [0.29, 0.717) is 0 Å². The van der Waals surface area contributed by atoms with Crippen LogP contribution < -0.4 is 11.5 Å². The molecule has 1 amide bonds. The molecule has 0 saturated carbocycles. The van der Waals surface area contributed by atoms with Gasteiger partial charge in [-0.25, -0.2) is 4.98 Å². The minimum Gasteiger partial charge on any atom is -0.388 e. The fourth-order valence-electron chi connectivity index (χ4n) is 1.29. The molecule has 4 unspecified atom stereocenters. The van der Waals surface area contributed by atoms with Crippen LogP contribution in [0.2, 0.25) is 0 Å². The summed E-state index contributed by atoms with van der Waals surface area (Å²) in [5, 5.41) is 35.3. The number of anilines is 1. The number of rotatable bonds is 1. The van der Waals surface area contributed by atoms with Gasteiger partial charge >= 0.3 is 0 Å². The number of aromatic nitrogens is 2. The van der Waals surface area contributed by atoms with Crippen LogP contribution in [0.5, 0.6) is 0 Å². The number of nitrogens with one attached hydrogen (secondary N) is 1. The third-order valence-electron chi connectivity index (χ3n) is 2.39. The van der Waals surface area contributed by atoms with E-state index in [4.69, 9.17) is 31.9 Å². The van der Waals surface area contributed by atoms with E-state index >= 15 is 0 Å². The zero-order valence-electron chi connectivity index (χ0n) is 9.80. The maximum Gasteiger partial charge on any atom is 0.269 e. The molecule has 0 aromatic carbocycles. The van der Waals surface area contributed by atoms with Crippen molar-refractivity contribution in [3.8, 4) is 0 Å². The van der Waals surface area contributed by atoms with Crippen molar-refractivity contribution in [3.63, 3.8) is 0 Å². The SMILES string of the molecule is NC(=O)c1[nH]cnc1N.OC1COC(O)C(O)C1O. The Kier molecular flexibility index (Phi) is 5.20. The van der Waals surface area contributed by atoms with E-state index in [0.717, 1.165) is 0 Å². The van der Waals surface area contributed by atoms with Crippen LogP contribution >= 0.6 is 0 Å². The van der Waals surface area contributed by atoms with Crippen molar-refractivity contribution in [1.29, 1.82) is 0 Å². The summed E-state index contributed by atoms with van der Waals surface area (Å²) in [6.07, 6.45) is -3.92. The first-order chi connectivity index (χ1) is 8.84. The number of imidazole rings is 1. The van der Waals surface area contributed by atoms with Crippen LogP contribution in [0.3, 0.4) is 0 Å². The molecule has 1 aliphatic rings. The predicted octanol–water partition coefficient (Wildman–Crippen LogP) is -3.49. The van der Waals surface area contributed by atoms with Crippen molar-refractivity contribution in [2.45, 2.75) is 24.6 Å². The molecule has 1 fully saturated rings. The molecule has 0 bridgehead atoms. The van der Waals surface area contributed by atoms with E-state index < -0.39 is 30.5 Å². The molecule has 9 N–H and O–H groups in total. The Morgan fingerprint density at radius 2 is 2.00 bits per heavy atom. The largest absolute Gasteiger partial charge is 0.388 e. The summed E-state index contributed by atoms with van der Waals surface area (Å²) in [7, 11) is 0. The van der Waals surface area contributed by atoms with Crippen LogP contribution in [-0.4, -0.2) is 67.5 Å². The minimum atomic E-state index is -1.41. The van der Waals surface area contributed by atoms with Gasteiger partial charge in [-0.05, 0) is 0 Å². The van der Waals surface area contributed by atoms with Crippen molar-refractivity contribution in [1.82, 2.24) is 9.97 Å². The molecule has 0 radical (unpaired) electrons. The number of nitrogens with two attached hydrogens (primary N) is 2. The lowest BCUT2D eigenvalue weighted by Gasteiger charge is -2.31. The number of H-pyrrole nitrogens is 1. The van der Waals surface area contributed by atoms with E-state index in [1.807, 2.05) is 0 Å². The zero-order valence-corrected chi connectivity index (χ0v) is 9.80. The minimum absolute atomic E-state index is 0.141. The van der Waals surface area contributed by atoms with Gasteiger partial charge in [0, 0.05) is 0 Å².